The second-order valence-corrected chi connectivity index (χ2v) is 10.3. The molecule has 8 heteroatoms. The van der Waals surface area contributed by atoms with Crippen LogP contribution >= 0.6 is 70.6 Å². The van der Waals surface area contributed by atoms with E-state index in [0.717, 1.165) is 0 Å². The van der Waals surface area contributed by atoms with E-state index in [1.165, 1.54) is 40.2 Å². The molecule has 0 aliphatic carbocycles. The van der Waals surface area contributed by atoms with Gasteiger partial charge in [0.2, 0.25) is 0 Å². The first kappa shape index (κ1) is 12.8. The van der Waals surface area contributed by atoms with Crippen LogP contribution in [0.1, 0.15) is 0 Å². The summed E-state index contributed by atoms with van der Waals surface area (Å²) >= 11 is 10.7. The third-order valence-electron chi connectivity index (χ3n) is 1.97. The molecule has 3 heterocycles. The van der Waals surface area contributed by atoms with E-state index in [-0.39, 0.29) is 5.91 Å². The van der Waals surface area contributed by atoms with Crippen molar-refractivity contribution >= 4 is 76.5 Å². The second-order valence-electron chi connectivity index (χ2n) is 3.12. The van der Waals surface area contributed by atoms with E-state index >= 15 is 0 Å². The summed E-state index contributed by atoms with van der Waals surface area (Å²) in [7, 11) is 0. The van der Waals surface area contributed by atoms with E-state index in [1.54, 1.807) is 11.8 Å². The lowest BCUT2D eigenvalue weighted by Gasteiger charge is -2.08. The molecular formula is C9H7NOS6. The normalized spacial score (nSPS) is 24.1. The van der Waals surface area contributed by atoms with Gasteiger partial charge in [0.05, 0.1) is 21.9 Å². The van der Waals surface area contributed by atoms with Gasteiger partial charge in [-0.3, -0.25) is 4.79 Å². The van der Waals surface area contributed by atoms with Crippen molar-refractivity contribution in [3.05, 3.63) is 27.3 Å². The summed E-state index contributed by atoms with van der Waals surface area (Å²) in [6.45, 7) is 0. The van der Waals surface area contributed by atoms with Crippen molar-refractivity contribution in [3.8, 4) is 0 Å². The Bertz CT molecular complexity index is 460. The predicted octanol–water partition coefficient (Wildman–Crippen LogP) is 4.01. The Morgan fingerprint density at radius 2 is 1.65 bits per heavy atom. The monoisotopic (exact) mass is 337 g/mol. The molecule has 90 valence electrons. The molecule has 0 aromatic rings. The van der Waals surface area contributed by atoms with Crippen LogP contribution in [0.4, 0.5) is 0 Å². The Hall–Kier alpha value is 0.790. The number of rotatable bonds is 1. The second kappa shape index (κ2) is 5.42. The standard InChI is InChI=1S/C9H7NOS6/c10-5(11)4-3-14-8(15-4)9-16-6-7(17-9)13-2-1-12-6/h3H,1-2H2,(H2,10,11). The quantitative estimate of drug-likeness (QED) is 0.775. The molecule has 0 saturated carbocycles. The molecule has 3 rings (SSSR count). The summed E-state index contributed by atoms with van der Waals surface area (Å²) in [5.74, 6) is 2.07. The van der Waals surface area contributed by atoms with E-state index in [2.05, 4.69) is 0 Å². The van der Waals surface area contributed by atoms with Crippen LogP contribution in [0.2, 0.25) is 0 Å². The highest BCUT2D eigenvalue weighted by Gasteiger charge is 2.29. The molecule has 0 fully saturated rings. The molecule has 0 radical (unpaired) electrons. The van der Waals surface area contributed by atoms with E-state index in [9.17, 15) is 4.79 Å². The summed E-state index contributed by atoms with van der Waals surface area (Å²) in [5.41, 5.74) is 5.28. The van der Waals surface area contributed by atoms with Gasteiger partial charge in [0.15, 0.2) is 0 Å². The molecule has 0 unspecified atom stereocenters. The maximum Gasteiger partial charge on any atom is 0.256 e. The summed E-state index contributed by atoms with van der Waals surface area (Å²) in [6, 6.07) is 0. The average molecular weight is 338 g/mol. The number of thioether (sulfide) groups is 6. The Kier molecular flexibility index (Phi) is 4.08. The lowest BCUT2D eigenvalue weighted by Crippen LogP contribution is -2.10. The van der Waals surface area contributed by atoms with Crippen LogP contribution in [0.3, 0.4) is 0 Å². The summed E-state index contributed by atoms with van der Waals surface area (Å²) in [6.07, 6.45) is 0. The number of primary amides is 1. The van der Waals surface area contributed by atoms with Gasteiger partial charge >= 0.3 is 0 Å². The van der Waals surface area contributed by atoms with Gasteiger partial charge in [-0.2, -0.15) is 0 Å². The van der Waals surface area contributed by atoms with Crippen LogP contribution in [0.5, 0.6) is 0 Å². The van der Waals surface area contributed by atoms with Crippen LogP contribution in [0, 0.1) is 0 Å². The molecule has 17 heavy (non-hydrogen) atoms. The smallest absolute Gasteiger partial charge is 0.256 e. The number of nitrogens with two attached hydrogens (primary N) is 1. The number of carbonyl (C=O) groups excluding carboxylic acids is 1. The van der Waals surface area contributed by atoms with Crippen molar-refractivity contribution in [3.63, 3.8) is 0 Å². The molecule has 0 aromatic carbocycles. The minimum absolute atomic E-state index is 0.326. The predicted molar refractivity (Wildman–Crippen MR) is 86.6 cm³/mol. The molecule has 0 saturated heterocycles. The maximum absolute atomic E-state index is 11.1. The fourth-order valence-electron chi connectivity index (χ4n) is 1.25. The third kappa shape index (κ3) is 2.71. The fraction of sp³-hybridized carbons (Fsp3) is 0.222. The van der Waals surface area contributed by atoms with Gasteiger partial charge in [0, 0.05) is 11.5 Å². The van der Waals surface area contributed by atoms with Gasteiger partial charge in [-0.15, -0.1) is 23.5 Å². The Labute approximate surface area is 125 Å². The van der Waals surface area contributed by atoms with Gasteiger partial charge in [-0.05, 0) is 5.41 Å². The summed E-state index contributed by atoms with van der Waals surface area (Å²) in [4.78, 5) is 11.7. The van der Waals surface area contributed by atoms with Crippen LogP contribution in [0.15, 0.2) is 27.3 Å². The zero-order chi connectivity index (χ0) is 11.8. The highest BCUT2D eigenvalue weighted by Crippen LogP contribution is 2.63. The first-order valence-electron chi connectivity index (χ1n) is 4.68. The molecule has 0 atom stereocenters. The van der Waals surface area contributed by atoms with Gasteiger partial charge in [-0.25, -0.2) is 0 Å². The fourth-order valence-corrected chi connectivity index (χ4v) is 9.65. The number of hydrogen-bond donors (Lipinski definition) is 1. The third-order valence-corrected chi connectivity index (χ3v) is 10.7. The summed E-state index contributed by atoms with van der Waals surface area (Å²) in [5, 5.41) is 1.86. The Morgan fingerprint density at radius 3 is 2.18 bits per heavy atom. The van der Waals surface area contributed by atoms with Crippen LogP contribution < -0.4 is 5.73 Å². The van der Waals surface area contributed by atoms with Gasteiger partial charge in [0.25, 0.3) is 5.91 Å². The Morgan fingerprint density at radius 1 is 1.00 bits per heavy atom. The Balaban J connectivity index is 1.75. The molecule has 0 bridgehead atoms. The van der Waals surface area contributed by atoms with E-state index < -0.39 is 0 Å². The van der Waals surface area contributed by atoms with Crippen molar-refractivity contribution in [1.29, 1.82) is 0 Å². The molecule has 3 aliphatic rings. The van der Waals surface area contributed by atoms with Crippen LogP contribution in [-0.2, 0) is 4.79 Å². The highest BCUT2D eigenvalue weighted by atomic mass is 32.3. The molecule has 0 aromatic heterocycles. The highest BCUT2D eigenvalue weighted by molar-refractivity contribution is 8.43. The number of amides is 1. The van der Waals surface area contributed by atoms with Crippen LogP contribution in [0.25, 0.3) is 0 Å². The van der Waals surface area contributed by atoms with Crippen molar-refractivity contribution in [2.45, 2.75) is 0 Å². The van der Waals surface area contributed by atoms with E-state index in [0.29, 0.717) is 4.91 Å². The van der Waals surface area contributed by atoms with E-state index in [4.69, 9.17) is 5.73 Å². The van der Waals surface area contributed by atoms with Crippen LogP contribution in [-0.4, -0.2) is 17.4 Å². The SMILES string of the molecule is NC(=O)C1=CSC(=C2SC3=C(SCCS3)S2)S1. The van der Waals surface area contributed by atoms with Crippen molar-refractivity contribution < 1.29 is 4.79 Å². The average Bonchev–Trinajstić information content (AvgIpc) is 2.95. The zero-order valence-corrected chi connectivity index (χ0v) is 13.3. The number of hydrogen-bond acceptors (Lipinski definition) is 7. The summed E-state index contributed by atoms with van der Waals surface area (Å²) < 4.78 is 5.37. The van der Waals surface area contributed by atoms with Gasteiger partial charge in [0.1, 0.15) is 0 Å². The first-order valence-corrected chi connectivity index (χ1v) is 9.98. The molecule has 1 amide bonds. The molecule has 3 aliphatic heterocycles. The minimum atomic E-state index is -0.326. The minimum Gasteiger partial charge on any atom is -0.365 e. The maximum atomic E-state index is 11.1. The largest absolute Gasteiger partial charge is 0.365 e. The zero-order valence-electron chi connectivity index (χ0n) is 8.43. The number of carbonyl (C=O) groups is 1. The molecular weight excluding hydrogens is 331 g/mol. The molecule has 2 N–H and O–H groups in total. The van der Waals surface area contributed by atoms with Crippen molar-refractivity contribution in [2.75, 3.05) is 11.5 Å². The van der Waals surface area contributed by atoms with Gasteiger partial charge < -0.3 is 5.73 Å². The van der Waals surface area contributed by atoms with E-state index in [1.807, 2.05) is 52.5 Å². The topological polar surface area (TPSA) is 43.1 Å². The molecule has 2 nitrogen and oxygen atoms in total. The van der Waals surface area contributed by atoms with Crippen molar-refractivity contribution in [1.82, 2.24) is 0 Å². The van der Waals surface area contributed by atoms with Gasteiger partial charge in [-0.1, -0.05) is 47.0 Å². The lowest BCUT2D eigenvalue weighted by molar-refractivity contribution is -0.113. The van der Waals surface area contributed by atoms with Crippen molar-refractivity contribution in [2.24, 2.45) is 5.73 Å². The lowest BCUT2D eigenvalue weighted by atomic mass is 10.6. The first-order chi connectivity index (χ1) is 8.24. The molecule has 0 spiro atoms.